The lowest BCUT2D eigenvalue weighted by Crippen LogP contribution is -2.08. The van der Waals surface area contributed by atoms with Gasteiger partial charge in [0.05, 0.1) is 21.4 Å². The van der Waals surface area contributed by atoms with Crippen LogP contribution < -0.4 is 5.32 Å². The van der Waals surface area contributed by atoms with Gasteiger partial charge in [-0.15, -0.1) is 11.3 Å². The van der Waals surface area contributed by atoms with E-state index in [4.69, 9.17) is 28.3 Å². The van der Waals surface area contributed by atoms with Gasteiger partial charge in [0.15, 0.2) is 5.13 Å². The highest BCUT2D eigenvalue weighted by molar-refractivity contribution is 7.15. The number of nitrogens with one attached hydrogen (secondary N) is 1. The summed E-state index contributed by atoms with van der Waals surface area (Å²) in [5, 5.41) is 13.8. The zero-order valence-corrected chi connectivity index (χ0v) is 12.5. The zero-order chi connectivity index (χ0) is 14.3. The lowest BCUT2D eigenvalue weighted by molar-refractivity contribution is -0.138. The molecule has 2 aromatic rings. The number of hydrogen-bond acceptors (Lipinski definition) is 4. The van der Waals surface area contributed by atoms with E-state index in [1.807, 2.05) is 0 Å². The molecule has 0 saturated heterocycles. The minimum atomic E-state index is -0.818. The van der Waals surface area contributed by atoms with Crippen LogP contribution in [0.25, 0.3) is 0 Å². The fraction of sp³-hybridized carbons (Fsp3) is 0.231. The molecule has 0 amide bonds. The Kier molecular flexibility index (Phi) is 3.58. The van der Waals surface area contributed by atoms with Gasteiger partial charge in [0.25, 0.3) is 0 Å². The van der Waals surface area contributed by atoms with Crippen molar-refractivity contribution >= 4 is 51.3 Å². The van der Waals surface area contributed by atoms with Gasteiger partial charge in [-0.1, -0.05) is 29.3 Å². The number of carboxylic acids is 1. The Bertz CT molecular complexity index is 687. The summed E-state index contributed by atoms with van der Waals surface area (Å²) in [6.07, 6.45) is 1.39. The van der Waals surface area contributed by atoms with Crippen molar-refractivity contribution in [1.82, 2.24) is 4.98 Å². The van der Waals surface area contributed by atoms with Crippen LogP contribution in [0.3, 0.4) is 0 Å². The van der Waals surface area contributed by atoms with Gasteiger partial charge in [0.2, 0.25) is 0 Å². The van der Waals surface area contributed by atoms with E-state index in [0.29, 0.717) is 33.0 Å². The van der Waals surface area contributed by atoms with Crippen LogP contribution in [-0.4, -0.2) is 16.1 Å². The van der Waals surface area contributed by atoms with Gasteiger partial charge in [-0.3, -0.25) is 4.79 Å². The molecule has 1 aromatic carbocycles. The molecule has 4 nitrogen and oxygen atoms in total. The number of halogens is 2. The molecule has 1 heterocycles. The van der Waals surface area contributed by atoms with Crippen molar-refractivity contribution in [2.24, 2.45) is 0 Å². The van der Waals surface area contributed by atoms with Crippen molar-refractivity contribution in [3.8, 4) is 0 Å². The lowest BCUT2D eigenvalue weighted by atomic mass is 10.1. The normalized spacial score (nSPS) is 17.0. The number of rotatable bonds is 3. The second kappa shape index (κ2) is 5.24. The van der Waals surface area contributed by atoms with E-state index in [1.54, 1.807) is 18.2 Å². The molecule has 3 rings (SSSR count). The van der Waals surface area contributed by atoms with Crippen LogP contribution in [0.2, 0.25) is 10.0 Å². The maximum absolute atomic E-state index is 11.1. The summed E-state index contributed by atoms with van der Waals surface area (Å²) >= 11 is 13.5. The van der Waals surface area contributed by atoms with Gasteiger partial charge in [-0.25, -0.2) is 4.98 Å². The summed E-state index contributed by atoms with van der Waals surface area (Å²) in [5.41, 5.74) is 1.33. The monoisotopic (exact) mass is 328 g/mol. The van der Waals surface area contributed by atoms with E-state index in [9.17, 15) is 4.79 Å². The summed E-state index contributed by atoms with van der Waals surface area (Å²) in [5.74, 6) is -1.31. The van der Waals surface area contributed by atoms with Crippen LogP contribution in [0.4, 0.5) is 10.8 Å². The number of benzene rings is 1. The third-order valence-corrected chi connectivity index (χ3v) is 5.07. The Morgan fingerprint density at radius 1 is 1.45 bits per heavy atom. The second-order valence-electron chi connectivity index (χ2n) is 4.48. The molecule has 0 radical (unpaired) electrons. The predicted octanol–water partition coefficient (Wildman–Crippen LogP) is 4.31. The van der Waals surface area contributed by atoms with Gasteiger partial charge in [0.1, 0.15) is 5.92 Å². The van der Waals surface area contributed by atoms with Crippen LogP contribution in [0, 0.1) is 0 Å². The van der Waals surface area contributed by atoms with Crippen LogP contribution in [-0.2, 0) is 11.2 Å². The van der Waals surface area contributed by atoms with Crippen LogP contribution >= 0.6 is 34.5 Å². The van der Waals surface area contributed by atoms with Gasteiger partial charge in [-0.2, -0.15) is 0 Å². The average Bonchev–Trinajstić information content (AvgIpc) is 2.94. The van der Waals surface area contributed by atoms with Crippen molar-refractivity contribution in [3.63, 3.8) is 0 Å². The number of aliphatic carboxylic acids is 1. The van der Waals surface area contributed by atoms with Gasteiger partial charge >= 0.3 is 5.97 Å². The number of thiazole rings is 1. The molecule has 1 atom stereocenters. The van der Waals surface area contributed by atoms with Gasteiger partial charge < -0.3 is 10.4 Å². The van der Waals surface area contributed by atoms with Crippen molar-refractivity contribution in [1.29, 1.82) is 0 Å². The zero-order valence-electron chi connectivity index (χ0n) is 10.2. The number of aryl methyl sites for hydroxylation is 1. The van der Waals surface area contributed by atoms with E-state index >= 15 is 0 Å². The molecule has 0 fully saturated rings. The van der Waals surface area contributed by atoms with Crippen LogP contribution in [0.1, 0.15) is 22.9 Å². The molecule has 1 aliphatic carbocycles. The quantitative estimate of drug-likeness (QED) is 0.881. The summed E-state index contributed by atoms with van der Waals surface area (Å²) in [4.78, 5) is 16.5. The van der Waals surface area contributed by atoms with Crippen molar-refractivity contribution in [3.05, 3.63) is 38.8 Å². The Morgan fingerprint density at radius 3 is 3.00 bits per heavy atom. The molecule has 0 saturated carbocycles. The first kappa shape index (κ1) is 13.7. The van der Waals surface area contributed by atoms with Gasteiger partial charge in [0, 0.05) is 4.88 Å². The summed E-state index contributed by atoms with van der Waals surface area (Å²) in [6, 6.07) is 5.30. The molecule has 2 N–H and O–H groups in total. The molecule has 7 heteroatoms. The van der Waals surface area contributed by atoms with E-state index < -0.39 is 11.9 Å². The average molecular weight is 329 g/mol. The summed E-state index contributed by atoms with van der Waals surface area (Å²) < 4.78 is 0. The largest absolute Gasteiger partial charge is 0.481 e. The van der Waals surface area contributed by atoms with E-state index in [-0.39, 0.29) is 0 Å². The molecule has 0 aliphatic heterocycles. The molecule has 1 aliphatic rings. The Balaban J connectivity index is 1.88. The minimum absolute atomic E-state index is 0.430. The molecule has 1 aromatic heterocycles. The smallest absolute Gasteiger partial charge is 0.312 e. The number of nitrogens with zero attached hydrogens (tertiary/aromatic N) is 1. The first-order valence-corrected chi connectivity index (χ1v) is 7.57. The first-order chi connectivity index (χ1) is 9.56. The Morgan fingerprint density at radius 2 is 2.25 bits per heavy atom. The SMILES string of the molecule is O=C(O)C1CCc2sc(Nc3cccc(Cl)c3Cl)nc21. The fourth-order valence-corrected chi connectivity index (χ4v) is 3.64. The number of anilines is 2. The van der Waals surface area contributed by atoms with Crippen LogP contribution in [0.5, 0.6) is 0 Å². The first-order valence-electron chi connectivity index (χ1n) is 5.99. The fourth-order valence-electron chi connectivity index (χ4n) is 2.24. The van der Waals surface area contributed by atoms with E-state index in [2.05, 4.69) is 10.3 Å². The molecular weight excluding hydrogens is 319 g/mol. The Labute approximate surface area is 129 Å². The third-order valence-electron chi connectivity index (χ3n) is 3.21. The number of hydrogen-bond donors (Lipinski definition) is 2. The number of carboxylic acid groups (broad SMARTS) is 1. The maximum atomic E-state index is 11.1. The maximum Gasteiger partial charge on any atom is 0.312 e. The Hall–Kier alpha value is -1.30. The number of aromatic nitrogens is 1. The number of carbonyl (C=O) groups is 1. The van der Waals surface area contributed by atoms with Crippen molar-refractivity contribution in [2.75, 3.05) is 5.32 Å². The van der Waals surface area contributed by atoms with Crippen molar-refractivity contribution < 1.29 is 9.90 Å². The topological polar surface area (TPSA) is 62.2 Å². The molecule has 1 unspecified atom stereocenters. The van der Waals surface area contributed by atoms with E-state index in [0.717, 1.165) is 11.3 Å². The highest BCUT2D eigenvalue weighted by atomic mass is 35.5. The highest BCUT2D eigenvalue weighted by Crippen LogP contribution is 2.40. The molecular formula is C13H10Cl2N2O2S. The molecule has 0 bridgehead atoms. The predicted molar refractivity (Wildman–Crippen MR) is 80.6 cm³/mol. The standard InChI is InChI=1S/C13H10Cl2N2O2S/c14-7-2-1-3-8(10(7)15)16-13-17-11-6(12(18)19)4-5-9(11)20-13/h1-3,6H,4-5H2,(H,16,17)(H,18,19). The minimum Gasteiger partial charge on any atom is -0.481 e. The third kappa shape index (κ3) is 2.37. The number of fused-ring (bicyclic) bond motifs is 1. The van der Waals surface area contributed by atoms with Crippen molar-refractivity contribution in [2.45, 2.75) is 18.8 Å². The molecule has 104 valence electrons. The molecule has 20 heavy (non-hydrogen) atoms. The highest BCUT2D eigenvalue weighted by Gasteiger charge is 2.32. The lowest BCUT2D eigenvalue weighted by Gasteiger charge is -2.06. The van der Waals surface area contributed by atoms with E-state index in [1.165, 1.54) is 11.3 Å². The summed E-state index contributed by atoms with van der Waals surface area (Å²) in [7, 11) is 0. The van der Waals surface area contributed by atoms with Gasteiger partial charge in [-0.05, 0) is 25.0 Å². The summed E-state index contributed by atoms with van der Waals surface area (Å²) in [6.45, 7) is 0. The van der Waals surface area contributed by atoms with Crippen LogP contribution in [0.15, 0.2) is 18.2 Å². The molecule has 0 spiro atoms. The second-order valence-corrected chi connectivity index (χ2v) is 6.35.